The predicted molar refractivity (Wildman–Crippen MR) is 86.0 cm³/mol. The average Bonchev–Trinajstić information content (AvgIpc) is 2.52. The molecule has 0 bridgehead atoms. The standard InChI is InChI=1S/C16H9BrF4N2O2/c17-12-5-8(1-4-13(12)18)6-14-11-7-9(25-16(19,20)21)2-3-10(11)15(24)23-22-14/h1-5,7H,6H2,(H,23,24). The van der Waals surface area contributed by atoms with Crippen LogP contribution in [-0.4, -0.2) is 16.6 Å². The second-order valence-electron chi connectivity index (χ2n) is 5.18. The van der Waals surface area contributed by atoms with E-state index >= 15 is 0 Å². The van der Waals surface area contributed by atoms with Gasteiger partial charge in [-0.05, 0) is 51.8 Å². The number of alkyl halides is 3. The molecule has 0 aliphatic carbocycles. The number of hydrogen-bond acceptors (Lipinski definition) is 3. The van der Waals surface area contributed by atoms with Crippen LogP contribution in [0, 0.1) is 5.82 Å². The maximum absolute atomic E-state index is 13.3. The summed E-state index contributed by atoms with van der Waals surface area (Å²) in [5.74, 6) is -0.891. The van der Waals surface area contributed by atoms with Crippen LogP contribution in [0.1, 0.15) is 11.3 Å². The Morgan fingerprint density at radius 1 is 1.12 bits per heavy atom. The van der Waals surface area contributed by atoms with Gasteiger partial charge in [0.05, 0.1) is 15.6 Å². The minimum absolute atomic E-state index is 0.181. The second-order valence-corrected chi connectivity index (χ2v) is 6.03. The molecule has 0 unspecified atom stereocenters. The summed E-state index contributed by atoms with van der Waals surface area (Å²) in [6.45, 7) is 0. The van der Waals surface area contributed by atoms with E-state index in [1.807, 2.05) is 0 Å². The van der Waals surface area contributed by atoms with Crippen LogP contribution in [0.4, 0.5) is 17.6 Å². The zero-order valence-corrected chi connectivity index (χ0v) is 13.9. The predicted octanol–water partition coefficient (Wildman–Crippen LogP) is 4.31. The lowest BCUT2D eigenvalue weighted by Crippen LogP contribution is -2.17. The zero-order chi connectivity index (χ0) is 18.2. The van der Waals surface area contributed by atoms with Gasteiger partial charge in [0.25, 0.3) is 5.56 Å². The topological polar surface area (TPSA) is 55.0 Å². The smallest absolute Gasteiger partial charge is 0.406 e. The molecule has 3 aromatic rings. The summed E-state index contributed by atoms with van der Waals surface area (Å²) in [5.41, 5.74) is 0.467. The first kappa shape index (κ1) is 17.4. The Bertz CT molecular complexity index is 1000. The molecule has 3 rings (SSSR count). The molecule has 0 spiro atoms. The highest BCUT2D eigenvalue weighted by Crippen LogP contribution is 2.27. The van der Waals surface area contributed by atoms with Crippen LogP contribution in [-0.2, 0) is 6.42 Å². The first-order chi connectivity index (χ1) is 11.7. The lowest BCUT2D eigenvalue weighted by atomic mass is 10.0. The van der Waals surface area contributed by atoms with E-state index in [1.165, 1.54) is 24.3 Å². The van der Waals surface area contributed by atoms with Gasteiger partial charge in [0, 0.05) is 11.8 Å². The van der Waals surface area contributed by atoms with Crippen LogP contribution in [0.5, 0.6) is 5.75 Å². The van der Waals surface area contributed by atoms with Crippen molar-refractivity contribution in [2.45, 2.75) is 12.8 Å². The monoisotopic (exact) mass is 416 g/mol. The normalized spacial score (nSPS) is 11.7. The Hall–Kier alpha value is -2.42. The van der Waals surface area contributed by atoms with E-state index in [1.54, 1.807) is 0 Å². The molecule has 0 radical (unpaired) electrons. The summed E-state index contributed by atoms with van der Waals surface area (Å²) in [5, 5.41) is 6.62. The van der Waals surface area contributed by atoms with Crippen molar-refractivity contribution in [2.75, 3.05) is 0 Å². The van der Waals surface area contributed by atoms with Gasteiger partial charge < -0.3 is 4.74 Å². The highest BCUT2D eigenvalue weighted by molar-refractivity contribution is 9.10. The molecule has 2 aromatic carbocycles. The van der Waals surface area contributed by atoms with Gasteiger partial charge in [0.15, 0.2) is 0 Å². The molecule has 1 N–H and O–H groups in total. The quantitative estimate of drug-likeness (QED) is 0.647. The van der Waals surface area contributed by atoms with Gasteiger partial charge in [0.1, 0.15) is 11.6 Å². The van der Waals surface area contributed by atoms with Gasteiger partial charge in [0.2, 0.25) is 0 Å². The van der Waals surface area contributed by atoms with Crippen LogP contribution in [0.2, 0.25) is 0 Å². The minimum atomic E-state index is -4.84. The van der Waals surface area contributed by atoms with Crippen molar-refractivity contribution < 1.29 is 22.3 Å². The Labute approximate surface area is 146 Å². The van der Waals surface area contributed by atoms with Crippen LogP contribution in [0.25, 0.3) is 10.8 Å². The van der Waals surface area contributed by atoms with Crippen LogP contribution >= 0.6 is 15.9 Å². The first-order valence-electron chi connectivity index (χ1n) is 6.94. The van der Waals surface area contributed by atoms with Crippen molar-refractivity contribution in [3.8, 4) is 5.75 Å². The van der Waals surface area contributed by atoms with E-state index in [9.17, 15) is 22.4 Å². The molecule has 130 valence electrons. The molecule has 0 saturated heterocycles. The number of nitrogens with zero attached hydrogens (tertiary/aromatic N) is 1. The zero-order valence-electron chi connectivity index (χ0n) is 12.3. The van der Waals surface area contributed by atoms with Crippen molar-refractivity contribution in [2.24, 2.45) is 0 Å². The van der Waals surface area contributed by atoms with Crippen LogP contribution in [0.3, 0.4) is 0 Å². The van der Waals surface area contributed by atoms with Crippen molar-refractivity contribution in [3.63, 3.8) is 0 Å². The summed E-state index contributed by atoms with van der Waals surface area (Å²) < 4.78 is 54.7. The van der Waals surface area contributed by atoms with Crippen molar-refractivity contribution in [1.29, 1.82) is 0 Å². The molecule has 1 heterocycles. The number of fused-ring (bicyclic) bond motifs is 1. The van der Waals surface area contributed by atoms with E-state index in [2.05, 4.69) is 30.9 Å². The van der Waals surface area contributed by atoms with E-state index in [-0.39, 0.29) is 21.7 Å². The molecule has 0 atom stereocenters. The van der Waals surface area contributed by atoms with Gasteiger partial charge in [-0.2, -0.15) is 5.10 Å². The Morgan fingerprint density at radius 2 is 1.88 bits per heavy atom. The number of H-pyrrole nitrogens is 1. The largest absolute Gasteiger partial charge is 0.573 e. The first-order valence-corrected chi connectivity index (χ1v) is 7.73. The molecule has 0 amide bonds. The molecule has 1 aromatic heterocycles. The number of ether oxygens (including phenoxy) is 1. The SMILES string of the molecule is O=c1[nH]nc(Cc2ccc(F)c(Br)c2)c2cc(OC(F)(F)F)ccc12. The molecule has 4 nitrogen and oxygen atoms in total. The van der Waals surface area contributed by atoms with E-state index < -0.39 is 23.5 Å². The number of nitrogens with one attached hydrogen (secondary N) is 1. The highest BCUT2D eigenvalue weighted by atomic mass is 79.9. The Kier molecular flexibility index (Phi) is 4.51. The van der Waals surface area contributed by atoms with Gasteiger partial charge >= 0.3 is 6.36 Å². The van der Waals surface area contributed by atoms with Gasteiger partial charge in [-0.25, -0.2) is 9.49 Å². The van der Waals surface area contributed by atoms with Crippen LogP contribution < -0.4 is 10.3 Å². The highest BCUT2D eigenvalue weighted by Gasteiger charge is 2.31. The summed E-state index contributed by atoms with van der Waals surface area (Å²) in [7, 11) is 0. The van der Waals surface area contributed by atoms with E-state index in [0.29, 0.717) is 11.3 Å². The molecular formula is C16H9BrF4N2O2. The third-order valence-electron chi connectivity index (χ3n) is 3.43. The summed E-state index contributed by atoms with van der Waals surface area (Å²) in [4.78, 5) is 11.8. The lowest BCUT2D eigenvalue weighted by Gasteiger charge is -2.11. The molecule has 0 aliphatic heterocycles. The van der Waals surface area contributed by atoms with Crippen molar-refractivity contribution in [3.05, 3.63) is 68.3 Å². The molecule has 0 aliphatic rings. The fraction of sp³-hybridized carbons (Fsp3) is 0.125. The summed E-state index contributed by atoms with van der Waals surface area (Å²) in [6, 6.07) is 7.72. The fourth-order valence-corrected chi connectivity index (χ4v) is 2.80. The lowest BCUT2D eigenvalue weighted by molar-refractivity contribution is -0.274. The maximum Gasteiger partial charge on any atom is 0.573 e. The minimum Gasteiger partial charge on any atom is -0.406 e. The molecule has 0 fully saturated rings. The number of aromatic amines is 1. The van der Waals surface area contributed by atoms with Gasteiger partial charge in [-0.15, -0.1) is 13.2 Å². The number of rotatable bonds is 3. The fourth-order valence-electron chi connectivity index (χ4n) is 2.37. The molecular weight excluding hydrogens is 408 g/mol. The molecule has 9 heteroatoms. The Balaban J connectivity index is 2.07. The van der Waals surface area contributed by atoms with Crippen molar-refractivity contribution >= 4 is 26.7 Å². The Morgan fingerprint density at radius 3 is 2.56 bits per heavy atom. The van der Waals surface area contributed by atoms with E-state index in [4.69, 9.17) is 0 Å². The number of aromatic nitrogens is 2. The molecule has 25 heavy (non-hydrogen) atoms. The number of halogens is 5. The van der Waals surface area contributed by atoms with Gasteiger partial charge in [-0.3, -0.25) is 4.79 Å². The molecule has 0 saturated carbocycles. The second kappa shape index (κ2) is 6.47. The van der Waals surface area contributed by atoms with E-state index in [0.717, 1.165) is 12.1 Å². The third kappa shape index (κ3) is 3.98. The summed E-state index contributed by atoms with van der Waals surface area (Å²) in [6.07, 6.45) is -4.66. The number of benzene rings is 2. The van der Waals surface area contributed by atoms with Crippen LogP contribution in [0.15, 0.2) is 45.7 Å². The van der Waals surface area contributed by atoms with Crippen molar-refractivity contribution in [1.82, 2.24) is 10.2 Å². The summed E-state index contributed by atoms with van der Waals surface area (Å²) >= 11 is 3.07. The third-order valence-corrected chi connectivity index (χ3v) is 4.04. The van der Waals surface area contributed by atoms with Gasteiger partial charge in [-0.1, -0.05) is 6.07 Å². The maximum atomic E-state index is 13.3. The number of hydrogen-bond donors (Lipinski definition) is 1. The average molecular weight is 417 g/mol.